The number of hydrogen-bond acceptors (Lipinski definition) is 0. The van der Waals surface area contributed by atoms with Crippen LogP contribution in [0.5, 0.6) is 0 Å². The third-order valence-corrected chi connectivity index (χ3v) is 11.8. The monoisotopic (exact) mass is 725 g/mol. The van der Waals surface area contributed by atoms with Gasteiger partial charge in [0.25, 0.3) is 0 Å². The second-order valence-corrected chi connectivity index (χ2v) is 14.9. The molecule has 0 saturated carbocycles. The SMILES string of the molecule is c1ccc(-n2c3ccccc3c3ccc(-c4cccc(-c5ccc6c7ccc8c9ccccc9n(-c9ccccc9)c8c7n(-c7ccccc7)c6c5)c4)cc32)cc1. The molecule has 0 unspecified atom stereocenters. The number of nitrogens with zero attached hydrogens (tertiary/aromatic N) is 3. The summed E-state index contributed by atoms with van der Waals surface area (Å²) in [7, 11) is 0. The van der Waals surface area contributed by atoms with Crippen LogP contribution in [0.4, 0.5) is 0 Å². The first-order chi connectivity index (χ1) is 28.3. The van der Waals surface area contributed by atoms with E-state index in [1.165, 1.54) is 87.7 Å². The third-order valence-electron chi connectivity index (χ3n) is 11.8. The van der Waals surface area contributed by atoms with Gasteiger partial charge >= 0.3 is 0 Å². The maximum absolute atomic E-state index is 2.48. The highest BCUT2D eigenvalue weighted by atomic mass is 15.0. The summed E-state index contributed by atoms with van der Waals surface area (Å²) in [4.78, 5) is 0. The second kappa shape index (κ2) is 12.5. The maximum Gasteiger partial charge on any atom is 0.0788 e. The number of hydrogen-bond donors (Lipinski definition) is 0. The van der Waals surface area contributed by atoms with Gasteiger partial charge in [0.2, 0.25) is 0 Å². The van der Waals surface area contributed by atoms with Crippen molar-refractivity contribution in [2.75, 3.05) is 0 Å². The number of aromatic nitrogens is 3. The van der Waals surface area contributed by atoms with Crippen LogP contribution in [-0.2, 0) is 0 Å². The fourth-order valence-electron chi connectivity index (χ4n) is 9.30. The summed E-state index contributed by atoms with van der Waals surface area (Å²) < 4.78 is 7.32. The molecule has 0 spiro atoms. The average molecular weight is 726 g/mol. The van der Waals surface area contributed by atoms with Crippen molar-refractivity contribution < 1.29 is 0 Å². The summed E-state index contributed by atoms with van der Waals surface area (Å²) >= 11 is 0. The first-order valence-corrected chi connectivity index (χ1v) is 19.6. The van der Waals surface area contributed by atoms with Gasteiger partial charge in [0.15, 0.2) is 0 Å². The van der Waals surface area contributed by atoms with Crippen LogP contribution in [0.15, 0.2) is 212 Å². The molecule has 9 aromatic carbocycles. The zero-order valence-corrected chi connectivity index (χ0v) is 31.0. The molecule has 0 aliphatic carbocycles. The molecule has 0 saturated heterocycles. The van der Waals surface area contributed by atoms with Gasteiger partial charge in [0.1, 0.15) is 0 Å². The lowest BCUT2D eigenvalue weighted by Gasteiger charge is -2.13. The van der Waals surface area contributed by atoms with Crippen LogP contribution < -0.4 is 0 Å². The molecular weight excluding hydrogens is 691 g/mol. The fourth-order valence-corrected chi connectivity index (χ4v) is 9.30. The second-order valence-electron chi connectivity index (χ2n) is 14.9. The standard InChI is InChI=1S/C54H35N3/c1-4-17-40(18-5-1)55-49-25-12-10-23-43(49)45-29-27-38(34-51(45)55)36-15-14-16-37(33-36)39-28-30-46-48-32-31-47-44-24-11-13-26-50(44)56(41-19-6-2-7-20-41)53(47)54(48)57(52(46)35-39)42-21-8-3-9-22-42/h1-35H. The van der Waals surface area contributed by atoms with Gasteiger partial charge in [-0.25, -0.2) is 0 Å². The van der Waals surface area contributed by atoms with Crippen LogP contribution in [0.1, 0.15) is 0 Å². The van der Waals surface area contributed by atoms with Gasteiger partial charge in [-0.15, -0.1) is 0 Å². The van der Waals surface area contributed by atoms with E-state index in [4.69, 9.17) is 0 Å². The van der Waals surface area contributed by atoms with Gasteiger partial charge in [-0.2, -0.15) is 0 Å². The molecule has 3 heterocycles. The zero-order valence-electron chi connectivity index (χ0n) is 31.0. The summed E-state index contributed by atoms with van der Waals surface area (Å²) in [6.45, 7) is 0. The molecule has 0 N–H and O–H groups in total. The van der Waals surface area contributed by atoms with Gasteiger partial charge in [0.05, 0.1) is 33.1 Å². The Morgan fingerprint density at radius 2 is 0.561 bits per heavy atom. The van der Waals surface area contributed by atoms with Crippen LogP contribution in [-0.4, -0.2) is 13.7 Å². The van der Waals surface area contributed by atoms with E-state index in [1.54, 1.807) is 0 Å². The van der Waals surface area contributed by atoms with E-state index in [9.17, 15) is 0 Å². The zero-order chi connectivity index (χ0) is 37.5. The van der Waals surface area contributed by atoms with Crippen molar-refractivity contribution in [2.45, 2.75) is 0 Å². The van der Waals surface area contributed by atoms with E-state index in [-0.39, 0.29) is 0 Å². The van der Waals surface area contributed by atoms with Crippen LogP contribution in [0.3, 0.4) is 0 Å². The number of para-hydroxylation sites is 5. The molecule has 3 nitrogen and oxygen atoms in total. The molecule has 0 radical (unpaired) electrons. The Hall–Kier alpha value is -7.62. The minimum atomic E-state index is 1.14. The molecule has 0 atom stereocenters. The van der Waals surface area contributed by atoms with Crippen molar-refractivity contribution in [1.82, 2.24) is 13.7 Å². The molecule has 0 bridgehead atoms. The lowest BCUT2D eigenvalue weighted by molar-refractivity contribution is 1.15. The van der Waals surface area contributed by atoms with E-state index < -0.39 is 0 Å². The summed E-state index contributed by atoms with van der Waals surface area (Å²) in [6, 6.07) is 77.4. The van der Waals surface area contributed by atoms with Crippen molar-refractivity contribution in [3.63, 3.8) is 0 Å². The van der Waals surface area contributed by atoms with Crippen molar-refractivity contribution in [2.24, 2.45) is 0 Å². The predicted molar refractivity (Wildman–Crippen MR) is 240 cm³/mol. The highest BCUT2D eigenvalue weighted by Crippen LogP contribution is 2.43. The van der Waals surface area contributed by atoms with Gasteiger partial charge in [-0.05, 0) is 89.0 Å². The number of benzene rings is 9. The Kier molecular flexibility index (Phi) is 6.93. The van der Waals surface area contributed by atoms with Crippen LogP contribution in [0.2, 0.25) is 0 Å². The van der Waals surface area contributed by atoms with E-state index >= 15 is 0 Å². The van der Waals surface area contributed by atoms with Crippen molar-refractivity contribution in [3.8, 4) is 39.3 Å². The van der Waals surface area contributed by atoms with Crippen molar-refractivity contribution in [3.05, 3.63) is 212 Å². The lowest BCUT2D eigenvalue weighted by Crippen LogP contribution is -1.98. The number of fused-ring (bicyclic) bond motifs is 10. The van der Waals surface area contributed by atoms with Gasteiger partial charge in [-0.3, -0.25) is 0 Å². The molecule has 0 amide bonds. The van der Waals surface area contributed by atoms with Gasteiger partial charge in [0, 0.05) is 49.4 Å². The summed E-state index contributed by atoms with van der Waals surface area (Å²) in [5.41, 5.74) is 15.5. The molecule has 266 valence electrons. The molecule has 57 heavy (non-hydrogen) atoms. The molecule has 0 aliphatic heterocycles. The predicted octanol–water partition coefficient (Wildman–Crippen LogP) is 14.3. The molecule has 0 fully saturated rings. The molecular formula is C54H35N3. The minimum Gasteiger partial charge on any atom is -0.309 e. The van der Waals surface area contributed by atoms with Gasteiger partial charge in [-0.1, -0.05) is 146 Å². The van der Waals surface area contributed by atoms with E-state index in [1.807, 2.05) is 0 Å². The van der Waals surface area contributed by atoms with E-state index in [2.05, 4.69) is 226 Å². The van der Waals surface area contributed by atoms with Crippen molar-refractivity contribution in [1.29, 1.82) is 0 Å². The Balaban J connectivity index is 1.08. The van der Waals surface area contributed by atoms with Crippen LogP contribution in [0.25, 0.3) is 105 Å². The summed E-state index contributed by atoms with van der Waals surface area (Å²) in [5, 5.41) is 7.50. The van der Waals surface area contributed by atoms with Crippen LogP contribution in [0, 0.1) is 0 Å². The average Bonchev–Trinajstić information content (AvgIpc) is 3.92. The quantitative estimate of drug-likeness (QED) is 0.168. The number of rotatable bonds is 5. The Morgan fingerprint density at radius 1 is 0.211 bits per heavy atom. The highest BCUT2D eigenvalue weighted by Gasteiger charge is 2.22. The molecule has 12 rings (SSSR count). The molecule has 3 aromatic heterocycles. The molecule has 12 aromatic rings. The molecule has 0 aliphatic rings. The van der Waals surface area contributed by atoms with Crippen LogP contribution >= 0.6 is 0 Å². The first-order valence-electron chi connectivity index (χ1n) is 19.6. The lowest BCUT2D eigenvalue weighted by atomic mass is 9.97. The summed E-state index contributed by atoms with van der Waals surface area (Å²) in [6.07, 6.45) is 0. The summed E-state index contributed by atoms with van der Waals surface area (Å²) in [5.74, 6) is 0. The van der Waals surface area contributed by atoms with Crippen molar-refractivity contribution >= 4 is 65.4 Å². The normalized spacial score (nSPS) is 11.9. The first kappa shape index (κ1) is 31.7. The minimum absolute atomic E-state index is 1.14. The van der Waals surface area contributed by atoms with E-state index in [0.29, 0.717) is 0 Å². The maximum atomic E-state index is 2.48. The molecule has 3 heteroatoms. The van der Waals surface area contributed by atoms with Gasteiger partial charge < -0.3 is 13.7 Å². The fraction of sp³-hybridized carbons (Fsp3) is 0. The smallest absolute Gasteiger partial charge is 0.0788 e. The van der Waals surface area contributed by atoms with E-state index in [0.717, 1.165) is 17.1 Å². The Morgan fingerprint density at radius 3 is 1.11 bits per heavy atom. The topological polar surface area (TPSA) is 14.8 Å². The third kappa shape index (κ3) is 4.79. The Labute approximate surface area is 329 Å². The Bertz CT molecular complexity index is 3500. The highest BCUT2D eigenvalue weighted by molar-refractivity contribution is 6.24. The largest absolute Gasteiger partial charge is 0.309 e.